The highest BCUT2D eigenvalue weighted by atomic mass is 35.5. The van der Waals surface area contributed by atoms with Gasteiger partial charge in [0.05, 0.1) is 6.04 Å². The summed E-state index contributed by atoms with van der Waals surface area (Å²) in [6.07, 6.45) is 2.08. The highest BCUT2D eigenvalue weighted by molar-refractivity contribution is 6.31. The molecule has 4 nitrogen and oxygen atoms in total. The minimum absolute atomic E-state index is 0.0647. The minimum Gasteiger partial charge on any atom is -0.356 e. The van der Waals surface area contributed by atoms with E-state index in [9.17, 15) is 9.18 Å². The molecule has 6 heteroatoms. The first-order valence-electron chi connectivity index (χ1n) is 10.4. The van der Waals surface area contributed by atoms with Gasteiger partial charge in [0.25, 0.3) is 0 Å². The summed E-state index contributed by atoms with van der Waals surface area (Å²) in [6, 6.07) is 6.02. The Balaban J connectivity index is 1.56. The molecule has 0 spiro atoms. The highest BCUT2D eigenvalue weighted by Crippen LogP contribution is 2.38. The van der Waals surface area contributed by atoms with E-state index in [1.54, 1.807) is 0 Å². The van der Waals surface area contributed by atoms with Crippen molar-refractivity contribution in [3.8, 4) is 0 Å². The fourth-order valence-electron chi connectivity index (χ4n) is 4.71. The van der Waals surface area contributed by atoms with Crippen molar-refractivity contribution in [2.45, 2.75) is 51.7 Å². The molecule has 1 amide bonds. The van der Waals surface area contributed by atoms with Gasteiger partial charge in [-0.2, -0.15) is 0 Å². The summed E-state index contributed by atoms with van der Waals surface area (Å²) in [6.45, 7) is 7.00. The van der Waals surface area contributed by atoms with Crippen LogP contribution >= 0.6 is 11.6 Å². The normalized spacial score (nSPS) is 23.0. The van der Waals surface area contributed by atoms with Gasteiger partial charge in [0.15, 0.2) is 0 Å². The maximum absolute atomic E-state index is 13.4. The summed E-state index contributed by atoms with van der Waals surface area (Å²) in [5.41, 5.74) is 3.55. The van der Waals surface area contributed by atoms with Crippen LogP contribution in [0.15, 0.2) is 18.2 Å². The topological polar surface area (TPSA) is 39.3 Å². The Morgan fingerprint density at radius 3 is 2.89 bits per heavy atom. The van der Waals surface area contributed by atoms with E-state index in [1.165, 1.54) is 10.9 Å². The van der Waals surface area contributed by atoms with Crippen molar-refractivity contribution in [1.29, 1.82) is 0 Å². The van der Waals surface area contributed by atoms with Crippen molar-refractivity contribution in [2.24, 2.45) is 5.92 Å². The van der Waals surface area contributed by atoms with Gasteiger partial charge in [-0.05, 0) is 48.9 Å². The van der Waals surface area contributed by atoms with Crippen LogP contribution in [0.1, 0.15) is 50.4 Å². The van der Waals surface area contributed by atoms with Crippen LogP contribution in [0.25, 0.3) is 10.9 Å². The van der Waals surface area contributed by atoms with Gasteiger partial charge in [0.2, 0.25) is 5.91 Å². The maximum Gasteiger partial charge on any atom is 0.224 e. The summed E-state index contributed by atoms with van der Waals surface area (Å²) < 4.78 is 13.4. The summed E-state index contributed by atoms with van der Waals surface area (Å²) in [5, 5.41) is 1.92. The van der Waals surface area contributed by atoms with Crippen LogP contribution in [0.4, 0.5) is 4.39 Å². The second-order valence-corrected chi connectivity index (χ2v) is 9.06. The quantitative estimate of drug-likeness (QED) is 0.781. The number of aromatic nitrogens is 1. The number of nitrogens with one attached hydrogen (secondary N) is 1. The number of H-pyrrole nitrogens is 1. The molecule has 4 rings (SSSR count). The number of aromatic amines is 1. The lowest BCUT2D eigenvalue weighted by Gasteiger charge is -2.37. The molecule has 0 radical (unpaired) electrons. The Kier molecular flexibility index (Phi) is 5.66. The fraction of sp³-hybridized carbons (Fsp3) is 0.591. The molecule has 2 aromatic rings. The van der Waals surface area contributed by atoms with Gasteiger partial charge in [0, 0.05) is 54.2 Å². The van der Waals surface area contributed by atoms with Gasteiger partial charge in [-0.25, -0.2) is 4.39 Å². The van der Waals surface area contributed by atoms with Crippen molar-refractivity contribution in [3.63, 3.8) is 0 Å². The molecule has 3 heterocycles. The van der Waals surface area contributed by atoms with E-state index >= 15 is 0 Å². The van der Waals surface area contributed by atoms with E-state index in [0.29, 0.717) is 31.8 Å². The number of amides is 1. The van der Waals surface area contributed by atoms with E-state index in [1.807, 2.05) is 23.1 Å². The first-order chi connectivity index (χ1) is 13.4. The second kappa shape index (κ2) is 8.03. The first kappa shape index (κ1) is 19.7. The van der Waals surface area contributed by atoms with E-state index in [2.05, 4.69) is 23.7 Å². The van der Waals surface area contributed by atoms with Crippen LogP contribution in [0, 0.1) is 5.92 Å². The van der Waals surface area contributed by atoms with Crippen molar-refractivity contribution in [2.75, 3.05) is 26.2 Å². The molecular formula is C22H29ClFN3O. The summed E-state index contributed by atoms with van der Waals surface area (Å²) in [4.78, 5) is 20.8. The number of likely N-dealkylation sites (tertiary alicyclic amines) is 1. The van der Waals surface area contributed by atoms with Gasteiger partial charge in [-0.15, -0.1) is 0 Å². The van der Waals surface area contributed by atoms with Gasteiger partial charge in [0.1, 0.15) is 6.17 Å². The van der Waals surface area contributed by atoms with Gasteiger partial charge in [-0.1, -0.05) is 25.4 Å². The predicted molar refractivity (Wildman–Crippen MR) is 111 cm³/mol. The molecule has 152 valence electrons. The third-order valence-electron chi connectivity index (χ3n) is 6.09. The highest BCUT2D eigenvalue weighted by Gasteiger charge is 2.34. The number of fused-ring (bicyclic) bond motifs is 3. The fourth-order valence-corrected chi connectivity index (χ4v) is 4.89. The Morgan fingerprint density at radius 2 is 2.18 bits per heavy atom. The molecular weight excluding hydrogens is 377 g/mol. The third-order valence-corrected chi connectivity index (χ3v) is 6.32. The Hall–Kier alpha value is -1.59. The van der Waals surface area contributed by atoms with E-state index < -0.39 is 6.17 Å². The average molecular weight is 406 g/mol. The van der Waals surface area contributed by atoms with Crippen LogP contribution in [-0.4, -0.2) is 53.0 Å². The van der Waals surface area contributed by atoms with Crippen molar-refractivity contribution >= 4 is 28.4 Å². The molecule has 2 atom stereocenters. The Morgan fingerprint density at radius 1 is 1.36 bits per heavy atom. The standard InChI is InChI=1S/C22H29ClFN3O/c1-14(2)11-20-22-17(18-12-15(23)3-4-19(18)25-22)6-10-27(20)21(28)7-9-26-8-5-16(24)13-26/h3-4,12,14,16,20,25H,5-11,13H2,1-2H3/t16-,20-/m0/s1. The molecule has 2 aliphatic heterocycles. The summed E-state index contributed by atoms with van der Waals surface area (Å²) in [7, 11) is 0. The van der Waals surface area contributed by atoms with E-state index in [0.717, 1.165) is 42.2 Å². The number of benzene rings is 1. The van der Waals surface area contributed by atoms with Crippen molar-refractivity contribution in [1.82, 2.24) is 14.8 Å². The number of alkyl halides is 1. The molecule has 1 aromatic heterocycles. The number of hydrogen-bond donors (Lipinski definition) is 1. The number of carbonyl (C=O) groups is 1. The molecule has 0 unspecified atom stereocenters. The predicted octanol–water partition coefficient (Wildman–Crippen LogP) is 4.73. The first-order valence-corrected chi connectivity index (χ1v) is 10.8. The zero-order chi connectivity index (χ0) is 19.8. The van der Waals surface area contributed by atoms with E-state index in [4.69, 9.17) is 11.6 Å². The molecule has 1 aromatic carbocycles. The largest absolute Gasteiger partial charge is 0.356 e. The van der Waals surface area contributed by atoms with Crippen LogP contribution in [-0.2, 0) is 11.2 Å². The molecule has 28 heavy (non-hydrogen) atoms. The minimum atomic E-state index is -0.737. The summed E-state index contributed by atoms with van der Waals surface area (Å²) >= 11 is 6.22. The van der Waals surface area contributed by atoms with Gasteiger partial charge >= 0.3 is 0 Å². The van der Waals surface area contributed by atoms with Crippen LogP contribution < -0.4 is 0 Å². The SMILES string of the molecule is CC(C)C[C@H]1c2[nH]c3ccc(Cl)cc3c2CCN1C(=O)CCN1CC[C@H](F)C1. The summed E-state index contributed by atoms with van der Waals surface area (Å²) in [5.74, 6) is 0.655. The molecule has 1 N–H and O–H groups in total. The van der Waals surface area contributed by atoms with Crippen LogP contribution in [0.2, 0.25) is 5.02 Å². The third kappa shape index (κ3) is 3.92. The molecule has 0 bridgehead atoms. The van der Waals surface area contributed by atoms with E-state index in [-0.39, 0.29) is 11.9 Å². The van der Waals surface area contributed by atoms with Gasteiger partial charge < -0.3 is 9.88 Å². The zero-order valence-electron chi connectivity index (χ0n) is 16.7. The number of rotatable bonds is 5. The Labute approximate surface area is 171 Å². The van der Waals surface area contributed by atoms with Crippen molar-refractivity contribution in [3.05, 3.63) is 34.5 Å². The number of nitrogens with zero attached hydrogens (tertiary/aromatic N) is 2. The molecule has 0 saturated carbocycles. The van der Waals surface area contributed by atoms with Crippen LogP contribution in [0.5, 0.6) is 0 Å². The van der Waals surface area contributed by atoms with Gasteiger partial charge in [-0.3, -0.25) is 9.69 Å². The maximum atomic E-state index is 13.4. The number of hydrogen-bond acceptors (Lipinski definition) is 2. The number of halogens is 2. The molecule has 2 aliphatic rings. The Bertz CT molecular complexity index is 865. The lowest BCUT2D eigenvalue weighted by Crippen LogP contribution is -2.41. The van der Waals surface area contributed by atoms with Crippen molar-refractivity contribution < 1.29 is 9.18 Å². The smallest absolute Gasteiger partial charge is 0.224 e. The average Bonchev–Trinajstić information content (AvgIpc) is 3.23. The monoisotopic (exact) mass is 405 g/mol. The second-order valence-electron chi connectivity index (χ2n) is 8.63. The lowest BCUT2D eigenvalue weighted by atomic mass is 9.91. The molecule has 0 aliphatic carbocycles. The molecule has 1 saturated heterocycles. The van der Waals surface area contributed by atoms with Crippen LogP contribution in [0.3, 0.4) is 0 Å². The number of carbonyl (C=O) groups excluding carboxylic acids is 1. The lowest BCUT2D eigenvalue weighted by molar-refractivity contribution is -0.134. The molecule has 1 fully saturated rings. The zero-order valence-corrected chi connectivity index (χ0v) is 17.4.